The summed E-state index contributed by atoms with van der Waals surface area (Å²) in [5.74, 6) is 0.444. The highest BCUT2D eigenvalue weighted by atomic mass is 32.2. The first-order valence-electron chi connectivity index (χ1n) is 9.66. The number of rotatable bonds is 8. The molecule has 0 aliphatic carbocycles. The molecule has 0 spiro atoms. The average molecular weight is 465 g/mol. The SMILES string of the molecule is O=S(=O)(CCSc1nnc(N2CCOCC2)n1-c1cccc(F)c1)Oc1ccccc1. The minimum atomic E-state index is -3.77. The molecule has 11 heteroatoms. The smallest absolute Gasteiger partial charge is 0.310 e. The summed E-state index contributed by atoms with van der Waals surface area (Å²) in [6.07, 6.45) is 0. The van der Waals surface area contributed by atoms with E-state index in [9.17, 15) is 12.8 Å². The molecule has 0 amide bonds. The minimum absolute atomic E-state index is 0.200. The molecule has 4 rings (SSSR count). The van der Waals surface area contributed by atoms with Crippen molar-refractivity contribution in [3.63, 3.8) is 0 Å². The quantitative estimate of drug-likeness (QED) is 0.372. The second kappa shape index (κ2) is 9.67. The van der Waals surface area contributed by atoms with Gasteiger partial charge in [-0.15, -0.1) is 10.2 Å². The molecule has 2 heterocycles. The van der Waals surface area contributed by atoms with Gasteiger partial charge in [-0.3, -0.25) is 4.57 Å². The molecule has 8 nitrogen and oxygen atoms in total. The molecule has 0 unspecified atom stereocenters. The summed E-state index contributed by atoms with van der Waals surface area (Å²) < 4.78 is 50.7. The molecule has 3 aromatic rings. The third-order valence-electron chi connectivity index (χ3n) is 4.51. The van der Waals surface area contributed by atoms with Crippen LogP contribution in [0.15, 0.2) is 59.8 Å². The summed E-state index contributed by atoms with van der Waals surface area (Å²) in [6, 6.07) is 14.5. The van der Waals surface area contributed by atoms with E-state index < -0.39 is 10.1 Å². The third-order valence-corrected chi connectivity index (χ3v) is 6.85. The molecular weight excluding hydrogens is 443 g/mol. The number of para-hydroxylation sites is 1. The van der Waals surface area contributed by atoms with Crippen molar-refractivity contribution in [1.29, 1.82) is 0 Å². The summed E-state index contributed by atoms with van der Waals surface area (Å²) in [5.41, 5.74) is 0.567. The monoisotopic (exact) mass is 464 g/mol. The number of morpholine rings is 1. The second-order valence-corrected chi connectivity index (χ2v) is 9.46. The molecule has 1 aromatic heterocycles. The second-order valence-electron chi connectivity index (χ2n) is 6.70. The first-order chi connectivity index (χ1) is 15.0. The lowest BCUT2D eigenvalue weighted by atomic mass is 10.3. The van der Waals surface area contributed by atoms with Crippen molar-refractivity contribution in [3.05, 3.63) is 60.4 Å². The van der Waals surface area contributed by atoms with Crippen LogP contribution in [0.1, 0.15) is 0 Å². The van der Waals surface area contributed by atoms with E-state index in [1.165, 1.54) is 23.9 Å². The van der Waals surface area contributed by atoms with Crippen LogP contribution in [0.3, 0.4) is 0 Å². The zero-order valence-corrected chi connectivity index (χ0v) is 18.2. The summed E-state index contributed by atoms with van der Waals surface area (Å²) in [7, 11) is -3.77. The lowest BCUT2D eigenvalue weighted by Crippen LogP contribution is -2.37. The van der Waals surface area contributed by atoms with Crippen LogP contribution in [0.25, 0.3) is 5.69 Å². The van der Waals surface area contributed by atoms with E-state index in [-0.39, 0.29) is 23.1 Å². The van der Waals surface area contributed by atoms with Gasteiger partial charge in [0.05, 0.1) is 24.7 Å². The number of aromatic nitrogens is 3. The van der Waals surface area contributed by atoms with Gasteiger partial charge in [-0.2, -0.15) is 8.42 Å². The zero-order chi connectivity index (χ0) is 21.7. The number of thioether (sulfide) groups is 1. The van der Waals surface area contributed by atoms with Gasteiger partial charge in [-0.05, 0) is 30.3 Å². The zero-order valence-electron chi connectivity index (χ0n) is 16.6. The normalized spacial score (nSPS) is 14.5. The minimum Gasteiger partial charge on any atom is -0.382 e. The Morgan fingerprint density at radius 3 is 2.58 bits per heavy atom. The summed E-state index contributed by atoms with van der Waals surface area (Å²) in [5, 5.41) is 9.00. The van der Waals surface area contributed by atoms with Crippen LogP contribution in [-0.2, 0) is 14.9 Å². The standard InChI is InChI=1S/C20H21FN4O4S2/c21-16-5-4-6-17(15-16)25-19(24-9-11-28-12-10-24)22-23-20(25)30-13-14-31(26,27)29-18-7-2-1-3-8-18/h1-8,15H,9-14H2. The number of hydrogen-bond acceptors (Lipinski definition) is 8. The van der Waals surface area contributed by atoms with Gasteiger partial charge >= 0.3 is 10.1 Å². The molecule has 1 aliphatic rings. The highest BCUT2D eigenvalue weighted by Crippen LogP contribution is 2.28. The largest absolute Gasteiger partial charge is 0.382 e. The molecular formula is C20H21FN4O4S2. The number of ether oxygens (including phenoxy) is 1. The maximum Gasteiger partial charge on any atom is 0.310 e. The van der Waals surface area contributed by atoms with Crippen LogP contribution < -0.4 is 9.08 Å². The maximum absolute atomic E-state index is 13.9. The van der Waals surface area contributed by atoms with Gasteiger partial charge in [-0.25, -0.2) is 4.39 Å². The van der Waals surface area contributed by atoms with Crippen molar-refractivity contribution in [2.24, 2.45) is 0 Å². The molecule has 0 bridgehead atoms. The number of benzene rings is 2. The molecule has 164 valence electrons. The average Bonchev–Trinajstić information content (AvgIpc) is 3.18. The number of anilines is 1. The van der Waals surface area contributed by atoms with Crippen LogP contribution in [0, 0.1) is 5.82 Å². The fourth-order valence-corrected chi connectivity index (χ4v) is 5.30. The first-order valence-corrected chi connectivity index (χ1v) is 12.2. The first kappa shape index (κ1) is 21.6. The Kier molecular flexibility index (Phi) is 6.73. The number of hydrogen-bond donors (Lipinski definition) is 0. The van der Waals surface area contributed by atoms with Gasteiger partial charge in [0.2, 0.25) is 5.95 Å². The van der Waals surface area contributed by atoms with Gasteiger partial charge in [0, 0.05) is 18.8 Å². The van der Waals surface area contributed by atoms with E-state index in [1.807, 2.05) is 4.90 Å². The summed E-state index contributed by atoms with van der Waals surface area (Å²) >= 11 is 1.22. The Morgan fingerprint density at radius 1 is 1.06 bits per heavy atom. The van der Waals surface area contributed by atoms with Gasteiger partial charge in [0.25, 0.3) is 0 Å². The fraction of sp³-hybridized carbons (Fsp3) is 0.300. The predicted molar refractivity (Wildman–Crippen MR) is 116 cm³/mol. The fourth-order valence-electron chi connectivity index (χ4n) is 3.06. The molecule has 0 N–H and O–H groups in total. The van der Waals surface area contributed by atoms with Gasteiger partial charge in [0.1, 0.15) is 11.6 Å². The Bertz CT molecular complexity index is 1120. The summed E-state index contributed by atoms with van der Waals surface area (Å²) in [6.45, 7) is 2.40. The molecule has 0 saturated carbocycles. The van der Waals surface area contributed by atoms with Crippen LogP contribution in [0.5, 0.6) is 5.75 Å². The van der Waals surface area contributed by atoms with Crippen molar-refractivity contribution in [1.82, 2.24) is 14.8 Å². The Hall–Kier alpha value is -2.63. The van der Waals surface area contributed by atoms with Gasteiger partial charge < -0.3 is 13.8 Å². The molecule has 0 atom stereocenters. The van der Waals surface area contributed by atoms with Crippen molar-refractivity contribution in [2.75, 3.05) is 42.7 Å². The Morgan fingerprint density at radius 2 is 1.84 bits per heavy atom. The lowest BCUT2D eigenvalue weighted by Gasteiger charge is -2.27. The van der Waals surface area contributed by atoms with Gasteiger partial charge in [-0.1, -0.05) is 36.0 Å². The van der Waals surface area contributed by atoms with E-state index in [1.54, 1.807) is 47.0 Å². The van der Waals surface area contributed by atoms with Crippen molar-refractivity contribution in [3.8, 4) is 11.4 Å². The molecule has 1 aliphatic heterocycles. The van der Waals surface area contributed by atoms with E-state index in [2.05, 4.69) is 10.2 Å². The maximum atomic E-state index is 13.9. The van der Waals surface area contributed by atoms with E-state index >= 15 is 0 Å². The molecule has 1 fully saturated rings. The van der Waals surface area contributed by atoms with Crippen LogP contribution in [-0.4, -0.2) is 61.0 Å². The highest BCUT2D eigenvalue weighted by Gasteiger charge is 2.23. The van der Waals surface area contributed by atoms with Crippen molar-refractivity contribution >= 4 is 27.8 Å². The van der Waals surface area contributed by atoms with Gasteiger partial charge in [0.15, 0.2) is 5.16 Å². The number of halogens is 1. The van der Waals surface area contributed by atoms with Crippen LogP contribution >= 0.6 is 11.8 Å². The lowest BCUT2D eigenvalue weighted by molar-refractivity contribution is 0.122. The van der Waals surface area contributed by atoms with Crippen LogP contribution in [0.4, 0.5) is 10.3 Å². The topological polar surface area (TPSA) is 86.5 Å². The van der Waals surface area contributed by atoms with Crippen LogP contribution in [0.2, 0.25) is 0 Å². The van der Waals surface area contributed by atoms with E-state index in [4.69, 9.17) is 8.92 Å². The molecule has 0 radical (unpaired) electrons. The predicted octanol–water partition coefficient (Wildman–Crippen LogP) is 2.74. The Balaban J connectivity index is 1.52. The molecule has 1 saturated heterocycles. The summed E-state index contributed by atoms with van der Waals surface area (Å²) in [4.78, 5) is 2.01. The third kappa shape index (κ3) is 5.54. The van der Waals surface area contributed by atoms with Crippen molar-refractivity contribution < 1.29 is 21.7 Å². The van der Waals surface area contributed by atoms with E-state index in [0.29, 0.717) is 43.1 Å². The Labute approximate surface area is 184 Å². The molecule has 2 aromatic carbocycles. The number of nitrogens with zero attached hydrogens (tertiary/aromatic N) is 4. The highest BCUT2D eigenvalue weighted by molar-refractivity contribution is 8.00. The van der Waals surface area contributed by atoms with Crippen molar-refractivity contribution in [2.45, 2.75) is 5.16 Å². The van der Waals surface area contributed by atoms with E-state index in [0.717, 1.165) is 0 Å². The molecule has 31 heavy (non-hydrogen) atoms.